The van der Waals surface area contributed by atoms with Gasteiger partial charge in [0.15, 0.2) is 5.65 Å². The zero-order valence-corrected chi connectivity index (χ0v) is 16.3. The molecule has 7 nitrogen and oxygen atoms in total. The van der Waals surface area contributed by atoms with Crippen LogP contribution in [0.4, 0.5) is 23.0 Å². The van der Waals surface area contributed by atoms with E-state index < -0.39 is 0 Å². The highest BCUT2D eigenvalue weighted by atomic mass is 16.3. The van der Waals surface area contributed by atoms with Crippen LogP contribution in [0, 0.1) is 0 Å². The number of hydrogen-bond donors (Lipinski definition) is 3. The number of anilines is 4. The van der Waals surface area contributed by atoms with Gasteiger partial charge in [0.1, 0.15) is 11.6 Å². The van der Waals surface area contributed by atoms with Crippen molar-refractivity contribution in [1.29, 1.82) is 0 Å². The SMILES string of the molecule is CCc1cnn2c(Nc3cccc(N)c3)cc(N3CCCC[C@H]3CCO)nc12. The van der Waals surface area contributed by atoms with Crippen molar-refractivity contribution in [1.82, 2.24) is 14.6 Å². The van der Waals surface area contributed by atoms with Crippen LogP contribution in [0.3, 0.4) is 0 Å². The van der Waals surface area contributed by atoms with E-state index in [9.17, 15) is 5.11 Å². The summed E-state index contributed by atoms with van der Waals surface area (Å²) < 4.78 is 1.86. The van der Waals surface area contributed by atoms with E-state index in [0.29, 0.717) is 11.7 Å². The lowest BCUT2D eigenvalue weighted by Gasteiger charge is -2.36. The number of aryl methyl sites for hydroxylation is 1. The second kappa shape index (κ2) is 8.06. The Morgan fingerprint density at radius 2 is 2.18 bits per heavy atom. The Hall–Kier alpha value is -2.80. The van der Waals surface area contributed by atoms with Crippen LogP contribution in [0.5, 0.6) is 0 Å². The summed E-state index contributed by atoms with van der Waals surface area (Å²) >= 11 is 0. The van der Waals surface area contributed by atoms with Gasteiger partial charge in [-0.3, -0.25) is 0 Å². The molecule has 148 valence electrons. The van der Waals surface area contributed by atoms with Gasteiger partial charge in [0, 0.05) is 42.2 Å². The molecule has 0 unspecified atom stereocenters. The molecule has 3 aromatic rings. The third-order valence-corrected chi connectivity index (χ3v) is 5.45. The summed E-state index contributed by atoms with van der Waals surface area (Å²) in [5.41, 5.74) is 9.56. The molecule has 3 heterocycles. The first-order valence-electron chi connectivity index (χ1n) is 10.1. The van der Waals surface area contributed by atoms with E-state index in [4.69, 9.17) is 10.7 Å². The number of rotatable bonds is 6. The molecule has 1 aliphatic heterocycles. The predicted octanol–water partition coefficient (Wildman–Crippen LogP) is 3.36. The molecule has 0 bridgehead atoms. The van der Waals surface area contributed by atoms with Gasteiger partial charge in [-0.05, 0) is 50.3 Å². The van der Waals surface area contributed by atoms with Crippen LogP contribution in [0.1, 0.15) is 38.2 Å². The van der Waals surface area contributed by atoms with E-state index in [2.05, 4.69) is 28.3 Å². The van der Waals surface area contributed by atoms with Crippen LogP contribution in [-0.2, 0) is 6.42 Å². The van der Waals surface area contributed by atoms with E-state index in [-0.39, 0.29) is 6.61 Å². The summed E-state index contributed by atoms with van der Waals surface area (Å²) in [5.74, 6) is 1.80. The van der Waals surface area contributed by atoms with E-state index >= 15 is 0 Å². The van der Waals surface area contributed by atoms with E-state index in [0.717, 1.165) is 60.8 Å². The number of piperidine rings is 1. The van der Waals surface area contributed by atoms with Gasteiger partial charge >= 0.3 is 0 Å². The van der Waals surface area contributed by atoms with Crippen molar-refractivity contribution in [2.75, 3.05) is 29.1 Å². The van der Waals surface area contributed by atoms with Crippen LogP contribution in [-0.4, -0.2) is 38.9 Å². The lowest BCUT2D eigenvalue weighted by Crippen LogP contribution is -2.40. The van der Waals surface area contributed by atoms with Gasteiger partial charge in [-0.25, -0.2) is 4.98 Å². The molecule has 0 spiro atoms. The fraction of sp³-hybridized carbons (Fsp3) is 0.429. The van der Waals surface area contributed by atoms with Crippen molar-refractivity contribution < 1.29 is 5.11 Å². The number of aliphatic hydroxyl groups excluding tert-OH is 1. The van der Waals surface area contributed by atoms with Crippen LogP contribution >= 0.6 is 0 Å². The molecule has 28 heavy (non-hydrogen) atoms. The molecule has 0 radical (unpaired) electrons. The topological polar surface area (TPSA) is 91.7 Å². The Balaban J connectivity index is 1.78. The van der Waals surface area contributed by atoms with Crippen LogP contribution in [0.25, 0.3) is 5.65 Å². The quantitative estimate of drug-likeness (QED) is 0.568. The summed E-state index contributed by atoms with van der Waals surface area (Å²) in [4.78, 5) is 7.31. The predicted molar refractivity (Wildman–Crippen MR) is 113 cm³/mol. The van der Waals surface area contributed by atoms with E-state index in [1.54, 1.807) is 0 Å². The van der Waals surface area contributed by atoms with Crippen LogP contribution in [0.2, 0.25) is 0 Å². The highest BCUT2D eigenvalue weighted by Crippen LogP contribution is 2.30. The number of hydrogen-bond acceptors (Lipinski definition) is 6. The molecule has 1 saturated heterocycles. The normalized spacial score (nSPS) is 17.2. The van der Waals surface area contributed by atoms with Gasteiger partial charge < -0.3 is 21.1 Å². The van der Waals surface area contributed by atoms with Crippen molar-refractivity contribution in [2.45, 2.75) is 45.1 Å². The minimum Gasteiger partial charge on any atom is -0.399 e. The van der Waals surface area contributed by atoms with E-state index in [1.165, 1.54) is 6.42 Å². The zero-order valence-electron chi connectivity index (χ0n) is 16.3. The highest BCUT2D eigenvalue weighted by Gasteiger charge is 2.24. The largest absolute Gasteiger partial charge is 0.399 e. The summed E-state index contributed by atoms with van der Waals surface area (Å²) in [6, 6.07) is 10.1. The maximum absolute atomic E-state index is 9.49. The standard InChI is InChI=1S/C21H28N6O/c1-2-15-14-23-27-20(24-17-7-5-6-16(22)12-17)13-19(25-21(15)27)26-10-4-3-8-18(26)9-11-28/h5-7,12-14,18,24,28H,2-4,8-11,22H2,1H3/t18-/m0/s1. The summed E-state index contributed by atoms with van der Waals surface area (Å²) in [6.07, 6.45) is 6.96. The highest BCUT2D eigenvalue weighted by molar-refractivity contribution is 5.67. The molecule has 0 amide bonds. The second-order valence-corrected chi connectivity index (χ2v) is 7.36. The number of fused-ring (bicyclic) bond motifs is 1. The molecule has 4 rings (SSSR count). The molecular formula is C21H28N6O. The Morgan fingerprint density at radius 3 is 2.96 bits per heavy atom. The van der Waals surface area contributed by atoms with Gasteiger partial charge in [0.2, 0.25) is 0 Å². The van der Waals surface area contributed by atoms with Crippen molar-refractivity contribution >= 4 is 28.7 Å². The molecule has 1 fully saturated rings. The first-order valence-corrected chi connectivity index (χ1v) is 10.1. The second-order valence-electron chi connectivity index (χ2n) is 7.36. The van der Waals surface area contributed by atoms with Gasteiger partial charge in [-0.1, -0.05) is 13.0 Å². The molecule has 1 atom stereocenters. The first kappa shape index (κ1) is 18.6. The molecule has 4 N–H and O–H groups in total. The van der Waals surface area contributed by atoms with Crippen LogP contribution in [0.15, 0.2) is 36.5 Å². The Kier molecular flexibility index (Phi) is 5.34. The van der Waals surface area contributed by atoms with Gasteiger partial charge in [0.25, 0.3) is 0 Å². The van der Waals surface area contributed by atoms with Gasteiger partial charge in [-0.15, -0.1) is 0 Å². The fourth-order valence-corrected chi connectivity index (χ4v) is 4.00. The van der Waals surface area contributed by atoms with Crippen molar-refractivity contribution in [3.05, 3.63) is 42.1 Å². The monoisotopic (exact) mass is 380 g/mol. The Morgan fingerprint density at radius 1 is 1.29 bits per heavy atom. The molecule has 1 aromatic carbocycles. The van der Waals surface area contributed by atoms with Crippen LogP contribution < -0.4 is 16.0 Å². The average Bonchev–Trinajstić information content (AvgIpc) is 3.12. The van der Waals surface area contributed by atoms with Crippen molar-refractivity contribution in [3.8, 4) is 0 Å². The number of nitrogens with two attached hydrogens (primary N) is 1. The molecule has 0 saturated carbocycles. The molecule has 1 aliphatic rings. The fourth-order valence-electron chi connectivity index (χ4n) is 4.00. The maximum atomic E-state index is 9.49. The van der Waals surface area contributed by atoms with E-state index in [1.807, 2.05) is 35.0 Å². The zero-order chi connectivity index (χ0) is 19.5. The summed E-state index contributed by atoms with van der Waals surface area (Å²) in [6.45, 7) is 3.28. The third-order valence-electron chi connectivity index (χ3n) is 5.45. The summed E-state index contributed by atoms with van der Waals surface area (Å²) in [7, 11) is 0. The number of nitrogen functional groups attached to an aromatic ring is 1. The Labute approximate surface area is 165 Å². The summed E-state index contributed by atoms with van der Waals surface area (Å²) in [5, 5.41) is 17.5. The smallest absolute Gasteiger partial charge is 0.162 e. The Bertz CT molecular complexity index is 951. The lowest BCUT2D eigenvalue weighted by atomic mass is 9.99. The number of aliphatic hydroxyl groups is 1. The average molecular weight is 380 g/mol. The number of nitrogens with one attached hydrogen (secondary N) is 1. The minimum absolute atomic E-state index is 0.199. The third kappa shape index (κ3) is 3.62. The number of aromatic nitrogens is 3. The van der Waals surface area contributed by atoms with Crippen molar-refractivity contribution in [3.63, 3.8) is 0 Å². The van der Waals surface area contributed by atoms with Crippen molar-refractivity contribution in [2.24, 2.45) is 0 Å². The first-order chi connectivity index (χ1) is 13.7. The minimum atomic E-state index is 0.199. The van der Waals surface area contributed by atoms with Gasteiger partial charge in [0.05, 0.1) is 6.20 Å². The lowest BCUT2D eigenvalue weighted by molar-refractivity contribution is 0.262. The molecule has 2 aromatic heterocycles. The molecule has 7 heteroatoms. The van der Waals surface area contributed by atoms with Gasteiger partial charge in [-0.2, -0.15) is 9.61 Å². The number of benzene rings is 1. The maximum Gasteiger partial charge on any atom is 0.162 e. The molecule has 0 aliphatic carbocycles. The number of nitrogens with zero attached hydrogens (tertiary/aromatic N) is 4. The molecular weight excluding hydrogens is 352 g/mol.